The van der Waals surface area contributed by atoms with Gasteiger partial charge in [-0.05, 0) is 60.5 Å². The third-order valence-electron chi connectivity index (χ3n) is 6.06. The molecule has 37 heavy (non-hydrogen) atoms. The number of rotatable bonds is 9. The summed E-state index contributed by atoms with van der Waals surface area (Å²) >= 11 is 0. The minimum absolute atomic E-state index is 0.0488. The second kappa shape index (κ2) is 11.0. The molecule has 1 aromatic heterocycles. The molecule has 0 radical (unpaired) electrons. The van der Waals surface area contributed by atoms with Crippen molar-refractivity contribution in [2.45, 2.75) is 19.5 Å². The van der Waals surface area contributed by atoms with E-state index in [2.05, 4.69) is 4.98 Å². The molecule has 192 valence electrons. The van der Waals surface area contributed by atoms with E-state index in [1.807, 2.05) is 13.0 Å². The highest BCUT2D eigenvalue weighted by Gasteiger charge is 2.46. The zero-order chi connectivity index (χ0) is 26.5. The lowest BCUT2D eigenvalue weighted by Gasteiger charge is -2.26. The van der Waals surface area contributed by atoms with Gasteiger partial charge in [0.25, 0.3) is 11.7 Å². The lowest BCUT2D eigenvalue weighted by molar-refractivity contribution is -0.140. The highest BCUT2D eigenvalue weighted by atomic mass is 16.5. The van der Waals surface area contributed by atoms with Crippen molar-refractivity contribution in [3.63, 3.8) is 0 Å². The van der Waals surface area contributed by atoms with Gasteiger partial charge < -0.3 is 29.0 Å². The van der Waals surface area contributed by atoms with Gasteiger partial charge in [-0.25, -0.2) is 0 Å². The molecule has 4 rings (SSSR count). The quantitative estimate of drug-likeness (QED) is 0.263. The molecule has 1 fully saturated rings. The van der Waals surface area contributed by atoms with E-state index in [0.717, 1.165) is 5.56 Å². The molecule has 1 aliphatic rings. The van der Waals surface area contributed by atoms with E-state index in [1.54, 1.807) is 54.9 Å². The molecule has 0 bridgehead atoms. The minimum Gasteiger partial charge on any atom is -0.507 e. The number of aromatic nitrogens is 1. The van der Waals surface area contributed by atoms with Crippen LogP contribution < -0.4 is 18.9 Å². The fraction of sp³-hybridized carbons (Fsp3) is 0.250. The second-order valence-electron chi connectivity index (χ2n) is 8.20. The maximum Gasteiger partial charge on any atom is 0.295 e. The summed E-state index contributed by atoms with van der Waals surface area (Å²) in [7, 11) is 4.45. The minimum atomic E-state index is -0.930. The number of methoxy groups -OCH3 is 3. The lowest BCUT2D eigenvalue weighted by atomic mass is 9.94. The third kappa shape index (κ3) is 4.93. The highest BCUT2D eigenvalue weighted by molar-refractivity contribution is 6.46. The van der Waals surface area contributed by atoms with Crippen LogP contribution in [-0.2, 0) is 16.1 Å². The highest BCUT2D eigenvalue weighted by Crippen LogP contribution is 2.46. The van der Waals surface area contributed by atoms with Gasteiger partial charge in [-0.15, -0.1) is 0 Å². The first-order chi connectivity index (χ1) is 17.9. The summed E-state index contributed by atoms with van der Waals surface area (Å²) in [5.41, 5.74) is 1.56. The number of benzene rings is 2. The fourth-order valence-electron chi connectivity index (χ4n) is 4.37. The van der Waals surface area contributed by atoms with Crippen LogP contribution >= 0.6 is 0 Å². The molecular formula is C28H28N2O7. The first-order valence-electron chi connectivity index (χ1n) is 11.6. The Balaban J connectivity index is 1.91. The van der Waals surface area contributed by atoms with Gasteiger partial charge in [-0.2, -0.15) is 0 Å². The Bertz CT molecular complexity index is 1300. The van der Waals surface area contributed by atoms with E-state index in [1.165, 1.54) is 26.2 Å². The van der Waals surface area contributed by atoms with Crippen molar-refractivity contribution in [2.75, 3.05) is 27.9 Å². The molecule has 0 aliphatic carbocycles. The number of nitrogens with zero attached hydrogens (tertiary/aromatic N) is 2. The van der Waals surface area contributed by atoms with Gasteiger partial charge in [0.05, 0.1) is 39.6 Å². The van der Waals surface area contributed by atoms with Gasteiger partial charge in [0.1, 0.15) is 11.5 Å². The Morgan fingerprint density at radius 1 is 1.00 bits per heavy atom. The van der Waals surface area contributed by atoms with Crippen LogP contribution in [0.2, 0.25) is 0 Å². The molecule has 2 heterocycles. The van der Waals surface area contributed by atoms with Gasteiger partial charge in [-0.1, -0.05) is 6.07 Å². The van der Waals surface area contributed by atoms with Crippen LogP contribution in [0.1, 0.15) is 29.7 Å². The summed E-state index contributed by atoms with van der Waals surface area (Å²) < 4.78 is 21.9. The van der Waals surface area contributed by atoms with Crippen molar-refractivity contribution < 1.29 is 33.6 Å². The monoisotopic (exact) mass is 504 g/mol. The Morgan fingerprint density at radius 3 is 2.22 bits per heavy atom. The number of ketones is 1. The lowest BCUT2D eigenvalue weighted by Crippen LogP contribution is -2.29. The summed E-state index contributed by atoms with van der Waals surface area (Å²) in [5.74, 6) is -0.144. The van der Waals surface area contributed by atoms with Gasteiger partial charge in [-0.3, -0.25) is 14.6 Å². The molecule has 1 aliphatic heterocycles. The molecule has 0 unspecified atom stereocenters. The topological polar surface area (TPSA) is 107 Å². The Kier molecular flexibility index (Phi) is 7.62. The predicted octanol–water partition coefficient (Wildman–Crippen LogP) is 4.13. The van der Waals surface area contributed by atoms with Gasteiger partial charge in [0, 0.05) is 24.5 Å². The summed E-state index contributed by atoms with van der Waals surface area (Å²) in [6.45, 7) is 2.46. The summed E-state index contributed by atoms with van der Waals surface area (Å²) in [5, 5.41) is 11.3. The number of hydrogen-bond acceptors (Lipinski definition) is 8. The number of carbonyl (C=O) groups excluding carboxylic acids is 2. The van der Waals surface area contributed by atoms with Gasteiger partial charge >= 0.3 is 0 Å². The number of aliphatic hydroxyl groups is 1. The molecule has 1 atom stereocenters. The van der Waals surface area contributed by atoms with Crippen molar-refractivity contribution in [3.05, 3.63) is 83.2 Å². The van der Waals surface area contributed by atoms with Crippen LogP contribution in [0.5, 0.6) is 23.0 Å². The van der Waals surface area contributed by atoms with E-state index in [0.29, 0.717) is 40.7 Å². The van der Waals surface area contributed by atoms with Crippen molar-refractivity contribution in [3.8, 4) is 23.0 Å². The average molecular weight is 505 g/mol. The van der Waals surface area contributed by atoms with Crippen LogP contribution in [0.25, 0.3) is 5.76 Å². The third-order valence-corrected chi connectivity index (χ3v) is 6.06. The Hall–Kier alpha value is -4.53. The standard InChI is InChI=1S/C28H28N2O7/c1-5-37-20-10-8-18(9-11-20)25(31)23-24(19-13-21(34-2)27(36-4)22(14-19)35-3)30(28(33)26(23)32)16-17-7-6-12-29-15-17/h6-15,24,31H,5,16H2,1-4H3/b25-23+/t24-/m0/s1. The van der Waals surface area contributed by atoms with E-state index >= 15 is 0 Å². The first kappa shape index (κ1) is 25.6. The van der Waals surface area contributed by atoms with Crippen LogP contribution in [0.3, 0.4) is 0 Å². The fourth-order valence-corrected chi connectivity index (χ4v) is 4.37. The second-order valence-corrected chi connectivity index (χ2v) is 8.20. The Labute approximate surface area is 214 Å². The van der Waals surface area contributed by atoms with Gasteiger partial charge in [0.2, 0.25) is 5.75 Å². The number of amides is 1. The van der Waals surface area contributed by atoms with Crippen molar-refractivity contribution in [1.29, 1.82) is 0 Å². The number of carbonyl (C=O) groups is 2. The molecule has 1 amide bonds. The van der Waals surface area contributed by atoms with Crippen LogP contribution in [-0.4, -0.2) is 54.6 Å². The number of likely N-dealkylation sites (tertiary alicyclic amines) is 1. The van der Waals surface area contributed by atoms with Gasteiger partial charge in [0.15, 0.2) is 11.5 Å². The molecule has 2 aromatic carbocycles. The normalized spacial score (nSPS) is 16.5. The molecular weight excluding hydrogens is 476 g/mol. The average Bonchev–Trinajstić information content (AvgIpc) is 3.17. The van der Waals surface area contributed by atoms with E-state index in [4.69, 9.17) is 18.9 Å². The summed E-state index contributed by atoms with van der Waals surface area (Å²) in [6.07, 6.45) is 3.25. The molecule has 9 heteroatoms. The van der Waals surface area contributed by atoms with E-state index < -0.39 is 17.7 Å². The molecule has 9 nitrogen and oxygen atoms in total. The smallest absolute Gasteiger partial charge is 0.295 e. The van der Waals surface area contributed by atoms with E-state index in [9.17, 15) is 14.7 Å². The molecule has 1 saturated heterocycles. The van der Waals surface area contributed by atoms with Crippen molar-refractivity contribution >= 4 is 17.4 Å². The zero-order valence-electron chi connectivity index (χ0n) is 21.1. The summed E-state index contributed by atoms with van der Waals surface area (Å²) in [6, 6.07) is 12.6. The number of Topliss-reactive ketones (excluding diaryl/α,β-unsaturated/α-hetero) is 1. The SMILES string of the molecule is CCOc1ccc(/C(O)=C2\C(=O)C(=O)N(Cc3cccnc3)[C@H]2c2cc(OC)c(OC)c(OC)c2)cc1. The molecule has 3 aromatic rings. The molecule has 0 saturated carbocycles. The maximum absolute atomic E-state index is 13.4. The van der Waals surface area contributed by atoms with Crippen molar-refractivity contribution in [1.82, 2.24) is 9.88 Å². The zero-order valence-corrected chi connectivity index (χ0v) is 21.1. The van der Waals surface area contributed by atoms with E-state index in [-0.39, 0.29) is 17.9 Å². The maximum atomic E-state index is 13.4. The Morgan fingerprint density at radius 2 is 1.68 bits per heavy atom. The number of hydrogen-bond donors (Lipinski definition) is 1. The number of ether oxygens (including phenoxy) is 4. The largest absolute Gasteiger partial charge is 0.507 e. The van der Waals surface area contributed by atoms with Crippen LogP contribution in [0.15, 0.2) is 66.5 Å². The van der Waals surface area contributed by atoms with Crippen LogP contribution in [0, 0.1) is 0 Å². The predicted molar refractivity (Wildman–Crippen MR) is 136 cm³/mol. The molecule has 1 N–H and O–H groups in total. The van der Waals surface area contributed by atoms with Crippen LogP contribution in [0.4, 0.5) is 0 Å². The molecule has 0 spiro atoms. The summed E-state index contributed by atoms with van der Waals surface area (Å²) in [4.78, 5) is 32.2. The number of aliphatic hydroxyl groups excluding tert-OH is 1. The van der Waals surface area contributed by atoms with Crippen molar-refractivity contribution in [2.24, 2.45) is 0 Å². The number of pyridine rings is 1. The first-order valence-corrected chi connectivity index (χ1v) is 11.6.